The van der Waals surface area contributed by atoms with Gasteiger partial charge in [-0.1, -0.05) is 62.4 Å². The zero-order valence-corrected chi connectivity index (χ0v) is 15.9. The van der Waals surface area contributed by atoms with Crippen molar-refractivity contribution in [2.75, 3.05) is 0 Å². The van der Waals surface area contributed by atoms with Gasteiger partial charge in [-0.05, 0) is 30.5 Å². The summed E-state index contributed by atoms with van der Waals surface area (Å²) in [5.41, 5.74) is 3.50. The van der Waals surface area contributed by atoms with Gasteiger partial charge in [-0.25, -0.2) is 4.99 Å². The van der Waals surface area contributed by atoms with E-state index in [2.05, 4.69) is 45.3 Å². The Bertz CT molecular complexity index is 873. The van der Waals surface area contributed by atoms with Gasteiger partial charge in [-0.2, -0.15) is 0 Å². The Morgan fingerprint density at radius 3 is 2.42 bits per heavy atom. The predicted octanol–water partition coefficient (Wildman–Crippen LogP) is 6.13. The molecule has 1 aromatic carbocycles. The van der Waals surface area contributed by atoms with Crippen molar-refractivity contribution in [2.45, 2.75) is 51.0 Å². The molecule has 0 unspecified atom stereocenters. The van der Waals surface area contributed by atoms with E-state index in [9.17, 15) is 0 Å². The Kier molecular flexibility index (Phi) is 5.60. The van der Waals surface area contributed by atoms with Crippen molar-refractivity contribution in [1.82, 2.24) is 9.55 Å². The summed E-state index contributed by atoms with van der Waals surface area (Å²) in [6, 6.07) is 15.2. The number of hydrogen-bond acceptors (Lipinski definition) is 3. The maximum atomic E-state index is 4.94. The van der Waals surface area contributed by atoms with Gasteiger partial charge in [-0.3, -0.25) is 4.98 Å². The minimum absolute atomic E-state index is 0.534. The number of rotatable bonds is 3. The van der Waals surface area contributed by atoms with Gasteiger partial charge in [0.05, 0.1) is 17.6 Å². The second-order valence-electron chi connectivity index (χ2n) is 6.96. The van der Waals surface area contributed by atoms with Crippen LogP contribution in [0.5, 0.6) is 0 Å². The summed E-state index contributed by atoms with van der Waals surface area (Å²) in [4.78, 5) is 10.2. The van der Waals surface area contributed by atoms with Crippen molar-refractivity contribution in [3.63, 3.8) is 0 Å². The van der Waals surface area contributed by atoms with E-state index < -0.39 is 0 Å². The van der Waals surface area contributed by atoms with E-state index in [1.54, 1.807) is 17.5 Å². The number of thiazole rings is 1. The summed E-state index contributed by atoms with van der Waals surface area (Å²) >= 11 is 1.74. The Balaban J connectivity index is 1.81. The standard InChI is InChI=1S/C22H25N3S/c1-2-7-13-20(14-8-3-1)25-21(18-10-5-4-6-11-18)17-26-22(25)24-19-12-9-15-23-16-19/h4-6,9-12,15-17,20H,1-3,7-8,13-14H2. The monoisotopic (exact) mass is 363 g/mol. The lowest BCUT2D eigenvalue weighted by molar-refractivity contribution is 0.369. The fourth-order valence-corrected chi connectivity index (χ4v) is 4.78. The van der Waals surface area contributed by atoms with Crippen LogP contribution in [0.1, 0.15) is 51.0 Å². The molecule has 1 saturated carbocycles. The predicted molar refractivity (Wildman–Crippen MR) is 109 cm³/mol. The maximum Gasteiger partial charge on any atom is 0.190 e. The van der Waals surface area contributed by atoms with Crippen LogP contribution in [0.15, 0.2) is 65.2 Å². The van der Waals surface area contributed by atoms with Crippen LogP contribution >= 0.6 is 11.3 Å². The molecule has 4 rings (SSSR count). The van der Waals surface area contributed by atoms with Crippen molar-refractivity contribution in [1.29, 1.82) is 0 Å². The van der Waals surface area contributed by atoms with E-state index in [0.29, 0.717) is 6.04 Å². The van der Waals surface area contributed by atoms with Gasteiger partial charge in [0.15, 0.2) is 4.80 Å². The van der Waals surface area contributed by atoms with E-state index in [1.807, 2.05) is 18.3 Å². The van der Waals surface area contributed by atoms with E-state index in [4.69, 9.17) is 4.99 Å². The quantitative estimate of drug-likeness (QED) is 0.550. The van der Waals surface area contributed by atoms with E-state index in [-0.39, 0.29) is 0 Å². The Labute approximate surface area is 159 Å². The first-order chi connectivity index (χ1) is 12.9. The molecule has 0 aliphatic heterocycles. The van der Waals surface area contributed by atoms with Gasteiger partial charge >= 0.3 is 0 Å². The van der Waals surface area contributed by atoms with Crippen molar-refractivity contribution in [3.8, 4) is 11.3 Å². The molecule has 0 N–H and O–H groups in total. The topological polar surface area (TPSA) is 30.2 Å². The molecule has 2 heterocycles. The summed E-state index contributed by atoms with van der Waals surface area (Å²) in [5.74, 6) is 0. The molecule has 0 radical (unpaired) electrons. The van der Waals surface area contributed by atoms with Crippen LogP contribution in [-0.2, 0) is 0 Å². The van der Waals surface area contributed by atoms with Crippen LogP contribution in [0, 0.1) is 0 Å². The van der Waals surface area contributed by atoms with Crippen molar-refractivity contribution in [2.24, 2.45) is 4.99 Å². The fraction of sp³-hybridized carbons (Fsp3) is 0.364. The van der Waals surface area contributed by atoms with Crippen LogP contribution in [0.4, 0.5) is 5.69 Å². The summed E-state index contributed by atoms with van der Waals surface area (Å²) in [5, 5.41) is 2.27. The third-order valence-corrected chi connectivity index (χ3v) is 5.96. The molecule has 0 atom stereocenters. The Hall–Kier alpha value is -2.20. The SMILES string of the molecule is c1ccc(-c2csc(=Nc3cccnc3)n2C2CCCCCCC2)cc1. The molecule has 1 fully saturated rings. The van der Waals surface area contributed by atoms with Gasteiger partial charge in [0.1, 0.15) is 0 Å². The van der Waals surface area contributed by atoms with Crippen molar-refractivity contribution in [3.05, 3.63) is 65.0 Å². The second kappa shape index (κ2) is 8.45. The van der Waals surface area contributed by atoms with Crippen LogP contribution in [-0.4, -0.2) is 9.55 Å². The average Bonchev–Trinajstić information content (AvgIpc) is 3.07. The number of hydrogen-bond donors (Lipinski definition) is 0. The Morgan fingerprint density at radius 1 is 0.923 bits per heavy atom. The molecule has 3 aromatic rings. The summed E-state index contributed by atoms with van der Waals surface area (Å²) in [6.45, 7) is 0. The third kappa shape index (κ3) is 3.96. The van der Waals surface area contributed by atoms with Crippen LogP contribution in [0.3, 0.4) is 0 Å². The van der Waals surface area contributed by atoms with Crippen LogP contribution < -0.4 is 4.80 Å². The molecule has 0 spiro atoms. The van der Waals surface area contributed by atoms with Crippen LogP contribution in [0.2, 0.25) is 0 Å². The van der Waals surface area contributed by atoms with Gasteiger partial charge in [-0.15, -0.1) is 11.3 Å². The number of nitrogens with zero attached hydrogens (tertiary/aromatic N) is 3. The largest absolute Gasteiger partial charge is 0.313 e. The summed E-state index contributed by atoms with van der Waals surface area (Å²) < 4.78 is 2.50. The van der Waals surface area contributed by atoms with Gasteiger partial charge in [0.2, 0.25) is 0 Å². The van der Waals surface area contributed by atoms with Gasteiger partial charge in [0.25, 0.3) is 0 Å². The highest BCUT2D eigenvalue weighted by atomic mass is 32.1. The fourth-order valence-electron chi connectivity index (χ4n) is 3.80. The first-order valence-corrected chi connectivity index (χ1v) is 10.5. The molecule has 26 heavy (non-hydrogen) atoms. The van der Waals surface area contributed by atoms with Gasteiger partial charge < -0.3 is 4.57 Å². The number of aromatic nitrogens is 2. The minimum Gasteiger partial charge on any atom is -0.313 e. The molecule has 2 aromatic heterocycles. The molecular formula is C22H25N3S. The molecule has 0 saturated heterocycles. The molecule has 1 aliphatic rings. The maximum absolute atomic E-state index is 4.94. The molecule has 0 bridgehead atoms. The molecular weight excluding hydrogens is 338 g/mol. The normalized spacial score (nSPS) is 17.0. The minimum atomic E-state index is 0.534. The highest BCUT2D eigenvalue weighted by molar-refractivity contribution is 7.07. The lowest BCUT2D eigenvalue weighted by atomic mass is 9.96. The summed E-state index contributed by atoms with van der Waals surface area (Å²) in [6.07, 6.45) is 12.9. The number of benzene rings is 1. The zero-order valence-electron chi connectivity index (χ0n) is 15.1. The molecule has 3 nitrogen and oxygen atoms in total. The van der Waals surface area contributed by atoms with E-state index in [1.165, 1.54) is 56.2 Å². The van der Waals surface area contributed by atoms with Crippen molar-refractivity contribution >= 4 is 17.0 Å². The van der Waals surface area contributed by atoms with Crippen molar-refractivity contribution < 1.29 is 0 Å². The first-order valence-electron chi connectivity index (χ1n) is 9.62. The van der Waals surface area contributed by atoms with Crippen LogP contribution in [0.25, 0.3) is 11.3 Å². The molecule has 0 amide bonds. The smallest absolute Gasteiger partial charge is 0.190 e. The second-order valence-corrected chi connectivity index (χ2v) is 7.80. The van der Waals surface area contributed by atoms with E-state index in [0.717, 1.165) is 10.5 Å². The lowest BCUT2D eigenvalue weighted by Gasteiger charge is -2.23. The zero-order chi connectivity index (χ0) is 17.6. The lowest BCUT2D eigenvalue weighted by Crippen LogP contribution is -2.22. The third-order valence-electron chi connectivity index (χ3n) is 5.12. The Morgan fingerprint density at radius 2 is 1.69 bits per heavy atom. The van der Waals surface area contributed by atoms with Gasteiger partial charge in [0, 0.05) is 17.6 Å². The first kappa shape index (κ1) is 17.2. The van der Waals surface area contributed by atoms with E-state index >= 15 is 0 Å². The molecule has 4 heteroatoms. The number of pyridine rings is 1. The average molecular weight is 364 g/mol. The highest BCUT2D eigenvalue weighted by Gasteiger charge is 2.18. The summed E-state index contributed by atoms with van der Waals surface area (Å²) in [7, 11) is 0. The molecule has 134 valence electrons. The molecule has 1 aliphatic carbocycles. The highest BCUT2D eigenvalue weighted by Crippen LogP contribution is 2.31.